The fourth-order valence-corrected chi connectivity index (χ4v) is 1.52. The molecule has 0 atom stereocenters. The van der Waals surface area contributed by atoms with E-state index in [2.05, 4.69) is 42.7 Å². The van der Waals surface area contributed by atoms with E-state index in [1.54, 1.807) is 11.8 Å². The smallest absolute Gasteiger partial charge is 0.0145 e. The van der Waals surface area contributed by atoms with Crippen molar-refractivity contribution in [1.29, 1.82) is 0 Å². The van der Waals surface area contributed by atoms with Gasteiger partial charge in [-0.15, -0.1) is 0 Å². The molecule has 11 heavy (non-hydrogen) atoms. The molecule has 0 saturated heterocycles. The Labute approximate surface area is 72.3 Å². The van der Waals surface area contributed by atoms with Gasteiger partial charge in [-0.2, -0.15) is 0 Å². The maximum atomic E-state index is 2.14. The molecule has 0 aliphatic heterocycles. The molecule has 0 radical (unpaired) electrons. The van der Waals surface area contributed by atoms with Crippen LogP contribution < -0.4 is 0 Å². The van der Waals surface area contributed by atoms with Crippen LogP contribution in [0.5, 0.6) is 0 Å². The molecule has 1 aromatic carbocycles. The molecule has 0 nitrogen and oxygen atoms in total. The maximum absolute atomic E-state index is 2.14. The molecule has 0 aromatic heterocycles. The Kier molecular flexibility index (Phi) is 3.24. The van der Waals surface area contributed by atoms with E-state index in [9.17, 15) is 0 Å². The summed E-state index contributed by atoms with van der Waals surface area (Å²) in [7, 11) is 0. The monoisotopic (exact) mass is 164 g/mol. The van der Waals surface area contributed by atoms with Crippen molar-refractivity contribution >= 4 is 11.8 Å². The van der Waals surface area contributed by atoms with Gasteiger partial charge in [0.2, 0.25) is 0 Å². The lowest BCUT2D eigenvalue weighted by molar-refractivity contribution is 1.31. The van der Waals surface area contributed by atoms with Crippen LogP contribution in [-0.2, 0) is 0 Å². The van der Waals surface area contributed by atoms with Crippen LogP contribution in [0, 0.1) is 6.92 Å². The molecular weight excluding hydrogens is 152 g/mol. The van der Waals surface area contributed by atoms with Crippen molar-refractivity contribution < 1.29 is 0 Å². The summed E-state index contributed by atoms with van der Waals surface area (Å²) >= 11 is 1.77. The first-order valence-electron chi connectivity index (χ1n) is 3.68. The average molecular weight is 164 g/mol. The van der Waals surface area contributed by atoms with Crippen molar-refractivity contribution in [2.24, 2.45) is 0 Å². The number of rotatable bonds is 2. The van der Waals surface area contributed by atoms with Crippen molar-refractivity contribution in [3.8, 4) is 0 Å². The second-order valence-corrected chi connectivity index (χ2v) is 3.30. The third-order valence-corrected chi connectivity index (χ3v) is 2.54. The number of aryl methyl sites for hydroxylation is 1. The second-order valence-electron chi connectivity index (χ2n) is 2.35. The molecule has 0 unspecified atom stereocenters. The van der Waals surface area contributed by atoms with Gasteiger partial charge >= 0.3 is 0 Å². The SMILES string of the molecule is CC=CSc1ccccc1C. The molecular formula is C10H12S. The first-order valence-corrected chi connectivity index (χ1v) is 4.56. The Balaban J connectivity index is 2.77. The number of allylic oxidation sites excluding steroid dienone is 1. The zero-order valence-electron chi connectivity index (χ0n) is 6.87. The average Bonchev–Trinajstić information content (AvgIpc) is 2.03. The molecule has 0 bridgehead atoms. The fraction of sp³-hybridized carbons (Fsp3) is 0.200. The zero-order valence-corrected chi connectivity index (χ0v) is 7.69. The van der Waals surface area contributed by atoms with Crippen LogP contribution in [0.3, 0.4) is 0 Å². The molecule has 0 spiro atoms. The predicted molar refractivity (Wildman–Crippen MR) is 51.9 cm³/mol. The highest BCUT2D eigenvalue weighted by Gasteiger charge is 1.92. The molecule has 0 aliphatic carbocycles. The Morgan fingerprint density at radius 2 is 2.00 bits per heavy atom. The van der Waals surface area contributed by atoms with E-state index in [0.29, 0.717) is 0 Å². The van der Waals surface area contributed by atoms with Crippen molar-refractivity contribution in [1.82, 2.24) is 0 Å². The van der Waals surface area contributed by atoms with Crippen molar-refractivity contribution in [3.63, 3.8) is 0 Å². The van der Waals surface area contributed by atoms with Crippen LogP contribution in [0.25, 0.3) is 0 Å². The molecule has 0 saturated carbocycles. The van der Waals surface area contributed by atoms with Crippen LogP contribution in [-0.4, -0.2) is 0 Å². The van der Waals surface area contributed by atoms with Crippen LogP contribution in [0.1, 0.15) is 12.5 Å². The minimum Gasteiger partial charge on any atom is -0.0981 e. The zero-order chi connectivity index (χ0) is 8.10. The molecule has 1 aromatic rings. The van der Waals surface area contributed by atoms with Gasteiger partial charge in [0.1, 0.15) is 0 Å². The Hall–Kier alpha value is -0.690. The molecule has 0 fully saturated rings. The summed E-state index contributed by atoms with van der Waals surface area (Å²) in [5, 5.41) is 2.10. The molecule has 0 aliphatic rings. The van der Waals surface area contributed by atoms with Gasteiger partial charge in [-0.1, -0.05) is 36.0 Å². The topological polar surface area (TPSA) is 0 Å². The summed E-state index contributed by atoms with van der Waals surface area (Å²) in [5.74, 6) is 0. The third-order valence-electron chi connectivity index (χ3n) is 1.42. The lowest BCUT2D eigenvalue weighted by Gasteiger charge is -1.99. The highest BCUT2D eigenvalue weighted by atomic mass is 32.2. The summed E-state index contributed by atoms with van der Waals surface area (Å²) in [6.07, 6.45) is 2.05. The largest absolute Gasteiger partial charge is 0.0981 e. The summed E-state index contributed by atoms with van der Waals surface area (Å²) < 4.78 is 0. The normalized spacial score (nSPS) is 10.7. The van der Waals surface area contributed by atoms with E-state index in [-0.39, 0.29) is 0 Å². The quantitative estimate of drug-likeness (QED) is 0.601. The summed E-state index contributed by atoms with van der Waals surface area (Å²) in [6, 6.07) is 8.40. The first-order chi connectivity index (χ1) is 5.34. The lowest BCUT2D eigenvalue weighted by Crippen LogP contribution is -1.74. The minimum absolute atomic E-state index is 1.34. The van der Waals surface area contributed by atoms with Crippen molar-refractivity contribution in [2.45, 2.75) is 18.7 Å². The summed E-state index contributed by atoms with van der Waals surface area (Å²) in [4.78, 5) is 1.34. The Bertz CT molecular complexity index is 251. The van der Waals surface area contributed by atoms with E-state index in [4.69, 9.17) is 0 Å². The number of hydrogen-bond acceptors (Lipinski definition) is 1. The van der Waals surface area contributed by atoms with Crippen LogP contribution in [0.4, 0.5) is 0 Å². The van der Waals surface area contributed by atoms with Crippen molar-refractivity contribution in [2.75, 3.05) is 0 Å². The van der Waals surface area contributed by atoms with Crippen LogP contribution in [0.15, 0.2) is 40.6 Å². The minimum atomic E-state index is 1.34. The molecule has 58 valence electrons. The number of benzene rings is 1. The lowest BCUT2D eigenvalue weighted by atomic mass is 10.2. The summed E-state index contributed by atoms with van der Waals surface area (Å²) in [5.41, 5.74) is 1.34. The van der Waals surface area contributed by atoms with E-state index < -0.39 is 0 Å². The van der Waals surface area contributed by atoms with Gasteiger partial charge < -0.3 is 0 Å². The van der Waals surface area contributed by atoms with Gasteiger partial charge in [-0.05, 0) is 30.9 Å². The molecule has 0 heterocycles. The molecule has 0 amide bonds. The second kappa shape index (κ2) is 4.24. The predicted octanol–water partition coefficient (Wildman–Crippen LogP) is 3.62. The van der Waals surface area contributed by atoms with Gasteiger partial charge in [0.05, 0.1) is 0 Å². The highest BCUT2D eigenvalue weighted by Crippen LogP contribution is 2.22. The standard InChI is InChI=1S/C10H12S/c1-3-8-11-10-7-5-4-6-9(10)2/h3-8H,1-2H3. The Morgan fingerprint density at radius 1 is 1.27 bits per heavy atom. The van der Waals surface area contributed by atoms with Gasteiger partial charge in [0, 0.05) is 4.90 Å². The van der Waals surface area contributed by atoms with Gasteiger partial charge in [-0.3, -0.25) is 0 Å². The van der Waals surface area contributed by atoms with Crippen LogP contribution in [0.2, 0.25) is 0 Å². The van der Waals surface area contributed by atoms with E-state index in [1.165, 1.54) is 10.5 Å². The van der Waals surface area contributed by atoms with Gasteiger partial charge in [-0.25, -0.2) is 0 Å². The van der Waals surface area contributed by atoms with Gasteiger partial charge in [0.25, 0.3) is 0 Å². The van der Waals surface area contributed by atoms with Crippen molar-refractivity contribution in [3.05, 3.63) is 41.3 Å². The maximum Gasteiger partial charge on any atom is 0.0145 e. The Morgan fingerprint density at radius 3 is 2.64 bits per heavy atom. The molecule has 1 heteroatoms. The number of hydrogen-bond donors (Lipinski definition) is 0. The summed E-state index contributed by atoms with van der Waals surface area (Å²) in [6.45, 7) is 4.16. The third kappa shape index (κ3) is 2.43. The van der Waals surface area contributed by atoms with E-state index >= 15 is 0 Å². The highest BCUT2D eigenvalue weighted by molar-refractivity contribution is 8.02. The first kappa shape index (κ1) is 8.41. The van der Waals surface area contributed by atoms with E-state index in [0.717, 1.165) is 0 Å². The molecule has 1 rings (SSSR count). The van der Waals surface area contributed by atoms with E-state index in [1.807, 2.05) is 6.92 Å². The molecule has 0 N–H and O–H groups in total. The number of thioether (sulfide) groups is 1. The van der Waals surface area contributed by atoms with Gasteiger partial charge in [0.15, 0.2) is 0 Å². The fourth-order valence-electron chi connectivity index (χ4n) is 0.830. The van der Waals surface area contributed by atoms with Crippen LogP contribution >= 0.6 is 11.8 Å².